The van der Waals surface area contributed by atoms with E-state index in [1.165, 1.54) is 5.39 Å². The number of hydrogen-bond acceptors (Lipinski definition) is 4. The summed E-state index contributed by atoms with van der Waals surface area (Å²) < 4.78 is 0. The van der Waals surface area contributed by atoms with Gasteiger partial charge in [-0.25, -0.2) is 9.97 Å². The minimum Gasteiger partial charge on any atom is -0.337 e. The molecule has 1 aliphatic heterocycles. The van der Waals surface area contributed by atoms with E-state index in [0.717, 1.165) is 30.0 Å². The van der Waals surface area contributed by atoms with Crippen LogP contribution in [0.1, 0.15) is 5.56 Å². The third-order valence-corrected chi connectivity index (χ3v) is 4.66. The maximum Gasteiger partial charge on any atom is 0.246 e. The Bertz CT molecular complexity index is 926. The van der Waals surface area contributed by atoms with E-state index in [9.17, 15) is 4.79 Å². The topological polar surface area (TPSA) is 49.3 Å². The molecule has 0 spiro atoms. The van der Waals surface area contributed by atoms with Crippen LogP contribution in [0, 0.1) is 0 Å². The SMILES string of the molecule is O=C(C=Cc1cccc2ccccc12)N1CCN(c2ncccn2)CC1. The van der Waals surface area contributed by atoms with Gasteiger partial charge in [0.1, 0.15) is 0 Å². The first-order valence-corrected chi connectivity index (χ1v) is 8.78. The molecule has 0 bridgehead atoms. The zero-order valence-electron chi connectivity index (χ0n) is 14.5. The number of benzene rings is 2. The summed E-state index contributed by atoms with van der Waals surface area (Å²) in [6.07, 6.45) is 7.08. The van der Waals surface area contributed by atoms with Crippen LogP contribution in [0.15, 0.2) is 67.0 Å². The van der Waals surface area contributed by atoms with Crippen molar-refractivity contribution in [1.82, 2.24) is 14.9 Å². The molecule has 1 saturated heterocycles. The van der Waals surface area contributed by atoms with Gasteiger partial charge in [0.2, 0.25) is 11.9 Å². The van der Waals surface area contributed by atoms with Crippen molar-refractivity contribution < 1.29 is 4.79 Å². The lowest BCUT2D eigenvalue weighted by atomic mass is 10.0. The van der Waals surface area contributed by atoms with E-state index in [1.807, 2.05) is 35.2 Å². The molecule has 5 heteroatoms. The molecule has 1 fully saturated rings. The maximum absolute atomic E-state index is 12.5. The van der Waals surface area contributed by atoms with E-state index in [-0.39, 0.29) is 5.91 Å². The van der Waals surface area contributed by atoms with Crippen LogP contribution in [0.2, 0.25) is 0 Å². The number of carbonyl (C=O) groups is 1. The first-order chi connectivity index (χ1) is 12.8. The van der Waals surface area contributed by atoms with Crippen LogP contribution in [0.5, 0.6) is 0 Å². The van der Waals surface area contributed by atoms with Crippen molar-refractivity contribution in [2.75, 3.05) is 31.1 Å². The summed E-state index contributed by atoms with van der Waals surface area (Å²) in [5, 5.41) is 2.34. The molecule has 5 nitrogen and oxygen atoms in total. The Hall–Kier alpha value is -3.21. The second kappa shape index (κ2) is 7.35. The van der Waals surface area contributed by atoms with Gasteiger partial charge in [0, 0.05) is 44.6 Å². The number of aromatic nitrogens is 2. The van der Waals surface area contributed by atoms with Gasteiger partial charge in [-0.15, -0.1) is 0 Å². The van der Waals surface area contributed by atoms with Gasteiger partial charge in [-0.1, -0.05) is 42.5 Å². The average molecular weight is 344 g/mol. The molecule has 130 valence electrons. The summed E-state index contributed by atoms with van der Waals surface area (Å²) in [4.78, 5) is 25.1. The number of piperazine rings is 1. The summed E-state index contributed by atoms with van der Waals surface area (Å²) in [7, 11) is 0. The molecule has 0 radical (unpaired) electrons. The Morgan fingerprint density at radius 2 is 1.62 bits per heavy atom. The van der Waals surface area contributed by atoms with E-state index >= 15 is 0 Å². The zero-order valence-corrected chi connectivity index (χ0v) is 14.5. The molecule has 1 aromatic heterocycles. The number of fused-ring (bicyclic) bond motifs is 1. The molecule has 1 aliphatic rings. The fourth-order valence-electron chi connectivity index (χ4n) is 3.24. The standard InChI is InChI=1S/C21H20N4O/c26-20(10-9-18-7-3-6-17-5-1-2-8-19(17)18)24-13-15-25(16-14-24)21-22-11-4-12-23-21/h1-12H,13-16H2. The van der Waals surface area contributed by atoms with Crippen LogP contribution in [0.3, 0.4) is 0 Å². The molecule has 0 atom stereocenters. The summed E-state index contributed by atoms with van der Waals surface area (Å²) >= 11 is 0. The summed E-state index contributed by atoms with van der Waals surface area (Å²) in [5.41, 5.74) is 1.06. The van der Waals surface area contributed by atoms with Crippen molar-refractivity contribution in [2.45, 2.75) is 0 Å². The van der Waals surface area contributed by atoms with Crippen LogP contribution in [0.4, 0.5) is 5.95 Å². The summed E-state index contributed by atoms with van der Waals surface area (Å²) in [6.45, 7) is 2.85. The Morgan fingerprint density at radius 3 is 2.42 bits per heavy atom. The molecule has 2 heterocycles. The van der Waals surface area contributed by atoms with Gasteiger partial charge >= 0.3 is 0 Å². The second-order valence-corrected chi connectivity index (χ2v) is 6.26. The molecule has 2 aromatic carbocycles. The number of carbonyl (C=O) groups excluding carboxylic acids is 1. The van der Waals surface area contributed by atoms with E-state index in [2.05, 4.69) is 33.1 Å². The molecule has 26 heavy (non-hydrogen) atoms. The van der Waals surface area contributed by atoms with Gasteiger partial charge in [-0.3, -0.25) is 4.79 Å². The number of nitrogens with zero attached hydrogens (tertiary/aromatic N) is 4. The number of amides is 1. The highest BCUT2D eigenvalue weighted by Crippen LogP contribution is 2.19. The molecule has 4 rings (SSSR count). The lowest BCUT2D eigenvalue weighted by molar-refractivity contribution is -0.126. The smallest absolute Gasteiger partial charge is 0.246 e. The van der Waals surface area contributed by atoms with Crippen molar-refractivity contribution in [3.05, 3.63) is 72.6 Å². The quantitative estimate of drug-likeness (QED) is 0.686. The van der Waals surface area contributed by atoms with Crippen LogP contribution in [0.25, 0.3) is 16.8 Å². The van der Waals surface area contributed by atoms with Crippen molar-refractivity contribution >= 4 is 28.7 Å². The van der Waals surface area contributed by atoms with E-state index < -0.39 is 0 Å². The van der Waals surface area contributed by atoms with Crippen molar-refractivity contribution in [1.29, 1.82) is 0 Å². The molecule has 3 aromatic rings. The first-order valence-electron chi connectivity index (χ1n) is 8.78. The van der Waals surface area contributed by atoms with Gasteiger partial charge in [-0.2, -0.15) is 0 Å². The van der Waals surface area contributed by atoms with E-state index in [0.29, 0.717) is 13.1 Å². The van der Waals surface area contributed by atoms with Gasteiger partial charge < -0.3 is 9.80 Å². The lowest BCUT2D eigenvalue weighted by Crippen LogP contribution is -2.48. The Morgan fingerprint density at radius 1 is 0.885 bits per heavy atom. The van der Waals surface area contributed by atoms with Crippen molar-refractivity contribution in [3.63, 3.8) is 0 Å². The number of rotatable bonds is 3. The Kier molecular flexibility index (Phi) is 4.60. The van der Waals surface area contributed by atoms with Gasteiger partial charge in [0.15, 0.2) is 0 Å². The lowest BCUT2D eigenvalue weighted by Gasteiger charge is -2.34. The Balaban J connectivity index is 1.42. The van der Waals surface area contributed by atoms with Crippen LogP contribution < -0.4 is 4.90 Å². The monoisotopic (exact) mass is 344 g/mol. The van der Waals surface area contributed by atoms with E-state index in [1.54, 1.807) is 24.5 Å². The fraction of sp³-hybridized carbons (Fsp3) is 0.190. The molecular formula is C21H20N4O. The third-order valence-electron chi connectivity index (χ3n) is 4.66. The van der Waals surface area contributed by atoms with Crippen molar-refractivity contribution in [2.24, 2.45) is 0 Å². The minimum atomic E-state index is 0.0477. The highest BCUT2D eigenvalue weighted by Gasteiger charge is 2.20. The van der Waals surface area contributed by atoms with Gasteiger partial charge in [0.05, 0.1) is 0 Å². The largest absolute Gasteiger partial charge is 0.337 e. The predicted octanol–water partition coefficient (Wildman–Crippen LogP) is 2.99. The average Bonchev–Trinajstić information content (AvgIpc) is 2.73. The number of anilines is 1. The third kappa shape index (κ3) is 3.42. The fourth-order valence-corrected chi connectivity index (χ4v) is 3.24. The van der Waals surface area contributed by atoms with Gasteiger partial charge in [0.25, 0.3) is 0 Å². The normalized spacial score (nSPS) is 14.9. The molecule has 0 unspecified atom stereocenters. The maximum atomic E-state index is 12.5. The molecule has 0 N–H and O–H groups in total. The van der Waals surface area contributed by atoms with Gasteiger partial charge in [-0.05, 0) is 28.5 Å². The molecule has 0 saturated carbocycles. The molecule has 0 aliphatic carbocycles. The highest BCUT2D eigenvalue weighted by atomic mass is 16.2. The predicted molar refractivity (Wildman–Crippen MR) is 104 cm³/mol. The Labute approximate surface area is 152 Å². The highest BCUT2D eigenvalue weighted by molar-refractivity contribution is 5.96. The van der Waals surface area contributed by atoms with Crippen molar-refractivity contribution in [3.8, 4) is 0 Å². The molecular weight excluding hydrogens is 324 g/mol. The summed E-state index contributed by atoms with van der Waals surface area (Å²) in [6, 6.07) is 16.2. The second-order valence-electron chi connectivity index (χ2n) is 6.26. The number of hydrogen-bond donors (Lipinski definition) is 0. The van der Waals surface area contributed by atoms with Crippen LogP contribution >= 0.6 is 0 Å². The summed E-state index contributed by atoms with van der Waals surface area (Å²) in [5.74, 6) is 0.775. The first kappa shape index (κ1) is 16.3. The molecule has 1 amide bonds. The van der Waals surface area contributed by atoms with Crippen LogP contribution in [-0.4, -0.2) is 47.0 Å². The van der Waals surface area contributed by atoms with Crippen LogP contribution in [-0.2, 0) is 4.79 Å². The minimum absolute atomic E-state index is 0.0477. The van der Waals surface area contributed by atoms with E-state index in [4.69, 9.17) is 0 Å². The zero-order chi connectivity index (χ0) is 17.8.